The molecule has 0 aromatic rings. The lowest BCUT2D eigenvalue weighted by atomic mass is 10.0. The van der Waals surface area contributed by atoms with Crippen molar-refractivity contribution >= 4 is 19.8 Å². The number of phosphoric acid groups is 1. The Kier molecular flexibility index (Phi) is 46.7. The van der Waals surface area contributed by atoms with Gasteiger partial charge in [0.25, 0.3) is 7.82 Å². The van der Waals surface area contributed by atoms with Crippen LogP contribution in [0, 0.1) is 0 Å². The van der Waals surface area contributed by atoms with E-state index in [4.69, 9.17) is 18.5 Å². The number of hydrogen-bond acceptors (Lipinski definition) is 8. The fourth-order valence-corrected chi connectivity index (χ4v) is 7.74. The van der Waals surface area contributed by atoms with Gasteiger partial charge in [0.2, 0.25) is 0 Å². The number of phosphoric ester groups is 1. The number of carbonyl (C=O) groups excluding carboxylic acids is 2. The lowest BCUT2D eigenvalue weighted by Crippen LogP contribution is -2.37. The van der Waals surface area contributed by atoms with Crippen LogP contribution in [0.2, 0.25) is 0 Å². The van der Waals surface area contributed by atoms with E-state index in [0.29, 0.717) is 23.9 Å². The molecule has 0 rings (SSSR count). The minimum Gasteiger partial charge on any atom is -0.756 e. The van der Waals surface area contributed by atoms with E-state index in [0.717, 1.165) is 70.6 Å². The summed E-state index contributed by atoms with van der Waals surface area (Å²) in [5.41, 5.74) is 0. The van der Waals surface area contributed by atoms with Crippen molar-refractivity contribution in [3.05, 3.63) is 97.2 Å². The monoisotopic (exact) mass is 970 g/mol. The summed E-state index contributed by atoms with van der Waals surface area (Å²) in [4.78, 5) is 37.6. The molecule has 0 saturated heterocycles. The Bertz CT molecular complexity index is 1470. The predicted molar refractivity (Wildman–Crippen MR) is 286 cm³/mol. The quantitative estimate of drug-likeness (QED) is 0.0195. The second-order valence-electron chi connectivity index (χ2n) is 18.8. The number of rotatable bonds is 48. The summed E-state index contributed by atoms with van der Waals surface area (Å²) in [7, 11) is 1.12. The zero-order valence-corrected chi connectivity index (χ0v) is 44.9. The van der Waals surface area contributed by atoms with E-state index in [2.05, 4.69) is 98.9 Å². The number of esters is 2. The van der Waals surface area contributed by atoms with Gasteiger partial charge in [-0.15, -0.1) is 0 Å². The highest BCUT2D eigenvalue weighted by molar-refractivity contribution is 7.45. The average molecular weight is 970 g/mol. The van der Waals surface area contributed by atoms with E-state index < -0.39 is 32.5 Å². The van der Waals surface area contributed by atoms with Crippen LogP contribution < -0.4 is 4.89 Å². The maximum atomic E-state index is 12.8. The average Bonchev–Trinajstić information content (AvgIpc) is 3.30. The van der Waals surface area contributed by atoms with Crippen LogP contribution in [0.1, 0.15) is 206 Å². The summed E-state index contributed by atoms with van der Waals surface area (Å²) in [6.45, 7) is 3.92. The summed E-state index contributed by atoms with van der Waals surface area (Å²) < 4.78 is 33.9. The third-order valence-corrected chi connectivity index (χ3v) is 12.1. The molecule has 0 aromatic heterocycles. The molecule has 0 fully saturated rings. The lowest BCUT2D eigenvalue weighted by molar-refractivity contribution is -0.870. The highest BCUT2D eigenvalue weighted by atomic mass is 31.2. The molecule has 9 nitrogen and oxygen atoms in total. The minimum absolute atomic E-state index is 0.0445. The summed E-state index contributed by atoms with van der Waals surface area (Å²) >= 11 is 0. The molecule has 0 aliphatic rings. The van der Waals surface area contributed by atoms with E-state index in [-0.39, 0.29) is 26.1 Å². The minimum atomic E-state index is -4.65. The molecule has 10 heteroatoms. The highest BCUT2D eigenvalue weighted by Gasteiger charge is 2.21. The van der Waals surface area contributed by atoms with Crippen molar-refractivity contribution in [2.45, 2.75) is 213 Å². The highest BCUT2D eigenvalue weighted by Crippen LogP contribution is 2.38. The first kappa shape index (κ1) is 64.9. The van der Waals surface area contributed by atoms with E-state index >= 15 is 0 Å². The molecular formula is C58H100NO8P. The number of unbranched alkanes of at least 4 members (excludes halogenated alkanes) is 18. The molecule has 0 aliphatic carbocycles. The molecule has 0 saturated carbocycles. The topological polar surface area (TPSA) is 111 Å². The Morgan fingerprint density at radius 3 is 1.24 bits per heavy atom. The van der Waals surface area contributed by atoms with Crippen LogP contribution in [0.4, 0.5) is 0 Å². The van der Waals surface area contributed by atoms with Gasteiger partial charge in [-0.25, -0.2) is 0 Å². The number of likely N-dealkylation sites (N-methyl/N-ethyl adjacent to an activating group) is 1. The standard InChI is InChI=1S/C58H100NO8P/c1-6-8-10-12-14-16-18-20-21-22-23-24-25-26-27-28-29-30-31-32-33-34-35-36-37-39-41-43-45-47-49-51-58(61)67-56(55-66-68(62,63)65-53-52-59(3,4)5)54-64-57(60)50-48-46-44-42-40-38-19-17-15-13-11-9-7-2/h8-11,14-17,20-21,23-24,38,40,44,46,56H,6-7,12-13,18-19,22,25-37,39,41-43,45,47-55H2,1-5H3/b10-8-,11-9-,16-14-,17-15-,21-20-,24-23-,40-38-,46-44-. The van der Waals surface area contributed by atoms with Gasteiger partial charge in [0.1, 0.15) is 19.8 Å². The van der Waals surface area contributed by atoms with Gasteiger partial charge in [-0.2, -0.15) is 0 Å². The van der Waals surface area contributed by atoms with E-state index in [1.165, 1.54) is 96.3 Å². The molecule has 0 aliphatic heterocycles. The molecule has 0 spiro atoms. The van der Waals surface area contributed by atoms with Gasteiger partial charge in [0, 0.05) is 12.8 Å². The van der Waals surface area contributed by atoms with E-state index in [9.17, 15) is 19.0 Å². The third kappa shape index (κ3) is 52.3. The summed E-state index contributed by atoms with van der Waals surface area (Å²) in [6.07, 6.45) is 66.3. The van der Waals surface area contributed by atoms with E-state index in [1.807, 2.05) is 33.3 Å². The number of nitrogens with zero attached hydrogens (tertiary/aromatic N) is 1. The maximum absolute atomic E-state index is 12.8. The second-order valence-corrected chi connectivity index (χ2v) is 20.2. The summed E-state index contributed by atoms with van der Waals surface area (Å²) in [5.74, 6) is -0.930. The van der Waals surface area contributed by atoms with Crippen molar-refractivity contribution in [1.82, 2.24) is 0 Å². The van der Waals surface area contributed by atoms with Gasteiger partial charge < -0.3 is 27.9 Å². The molecule has 2 atom stereocenters. The largest absolute Gasteiger partial charge is 0.756 e. The molecular weight excluding hydrogens is 870 g/mol. The zero-order valence-electron chi connectivity index (χ0n) is 44.0. The number of carbonyl (C=O) groups is 2. The van der Waals surface area contributed by atoms with E-state index in [1.54, 1.807) is 0 Å². The zero-order chi connectivity index (χ0) is 49.9. The van der Waals surface area contributed by atoms with Crippen molar-refractivity contribution in [3.8, 4) is 0 Å². The maximum Gasteiger partial charge on any atom is 0.306 e. The van der Waals surface area contributed by atoms with Crippen LogP contribution in [0.5, 0.6) is 0 Å². The molecule has 68 heavy (non-hydrogen) atoms. The van der Waals surface area contributed by atoms with Crippen molar-refractivity contribution in [1.29, 1.82) is 0 Å². The predicted octanol–water partition coefficient (Wildman–Crippen LogP) is 15.8. The normalized spacial score (nSPS) is 14.1. The van der Waals surface area contributed by atoms with Gasteiger partial charge >= 0.3 is 11.9 Å². The van der Waals surface area contributed by atoms with Gasteiger partial charge in [-0.3, -0.25) is 14.2 Å². The molecule has 0 heterocycles. The third-order valence-electron chi connectivity index (χ3n) is 11.1. The van der Waals surface area contributed by atoms with Crippen LogP contribution in [0.25, 0.3) is 0 Å². The Morgan fingerprint density at radius 2 is 0.824 bits per heavy atom. The van der Waals surface area contributed by atoms with Gasteiger partial charge in [-0.1, -0.05) is 214 Å². The molecule has 0 amide bonds. The molecule has 0 bridgehead atoms. The number of hydrogen-bond donors (Lipinski definition) is 0. The van der Waals surface area contributed by atoms with Crippen LogP contribution in [-0.4, -0.2) is 70.0 Å². The Hall–Kier alpha value is -3.07. The summed E-state index contributed by atoms with van der Waals surface area (Å²) in [5, 5.41) is 0. The SMILES string of the molecule is CC/C=C\C/C=C\C/C=C\C/C=C\CCCCCCCCCCCCCCCCCCCCC(=O)OC(COC(=O)CC/C=C\C/C=C\C/C=C\C/C=C\CC)COP(=O)([O-])OCC[N+](C)(C)C. The fraction of sp³-hybridized carbons (Fsp3) is 0.690. The van der Waals surface area contributed by atoms with Gasteiger partial charge in [0.05, 0.1) is 27.7 Å². The van der Waals surface area contributed by atoms with Crippen LogP contribution in [0.3, 0.4) is 0 Å². The van der Waals surface area contributed by atoms with Crippen molar-refractivity contribution < 1.29 is 42.1 Å². The Labute approximate surface area is 417 Å². The molecule has 0 N–H and O–H groups in total. The number of allylic oxidation sites excluding steroid dienone is 16. The van der Waals surface area contributed by atoms with Crippen molar-refractivity contribution in [2.75, 3.05) is 47.5 Å². The number of ether oxygens (including phenoxy) is 2. The van der Waals surface area contributed by atoms with Crippen molar-refractivity contribution in [3.63, 3.8) is 0 Å². The molecule has 0 radical (unpaired) electrons. The van der Waals surface area contributed by atoms with Crippen molar-refractivity contribution in [2.24, 2.45) is 0 Å². The summed E-state index contributed by atoms with van der Waals surface area (Å²) in [6, 6.07) is 0. The molecule has 2 unspecified atom stereocenters. The lowest BCUT2D eigenvalue weighted by Gasteiger charge is -2.28. The Balaban J connectivity index is 4.11. The Morgan fingerprint density at radius 1 is 0.456 bits per heavy atom. The first-order valence-corrected chi connectivity index (χ1v) is 28.4. The fourth-order valence-electron chi connectivity index (χ4n) is 7.01. The van der Waals surface area contributed by atoms with Crippen LogP contribution in [-0.2, 0) is 32.7 Å². The first-order valence-electron chi connectivity index (χ1n) is 26.9. The van der Waals surface area contributed by atoms with Crippen LogP contribution in [0.15, 0.2) is 97.2 Å². The van der Waals surface area contributed by atoms with Gasteiger partial charge in [0.15, 0.2) is 6.10 Å². The van der Waals surface area contributed by atoms with Gasteiger partial charge in [-0.05, 0) is 77.0 Å². The number of quaternary nitrogens is 1. The second kappa shape index (κ2) is 48.9. The smallest absolute Gasteiger partial charge is 0.306 e. The molecule has 0 aromatic carbocycles. The first-order chi connectivity index (χ1) is 33.0. The van der Waals surface area contributed by atoms with Crippen LogP contribution >= 0.6 is 7.82 Å². The molecule has 390 valence electrons.